The molecule has 0 aliphatic heterocycles. The maximum atomic E-state index is 9.06. The van der Waals surface area contributed by atoms with Gasteiger partial charge in [0.1, 0.15) is 0 Å². The van der Waals surface area contributed by atoms with Crippen molar-refractivity contribution in [1.82, 2.24) is 5.32 Å². The first-order chi connectivity index (χ1) is 8.88. The van der Waals surface area contributed by atoms with E-state index in [2.05, 4.69) is 35.6 Å². The Balaban J connectivity index is 1.75. The predicted molar refractivity (Wildman–Crippen MR) is 74.2 cm³/mol. The summed E-state index contributed by atoms with van der Waals surface area (Å²) in [4.78, 5) is 0. The predicted octanol–water partition coefficient (Wildman–Crippen LogP) is 2.51. The van der Waals surface area contributed by atoms with Crippen LogP contribution in [-0.2, 0) is 19.6 Å². The molecule has 0 fully saturated rings. The van der Waals surface area contributed by atoms with Crippen molar-refractivity contribution in [2.75, 3.05) is 6.54 Å². The zero-order valence-electron chi connectivity index (χ0n) is 10.5. The molecule has 0 heterocycles. The second-order valence-corrected chi connectivity index (χ2v) is 4.39. The zero-order valence-corrected chi connectivity index (χ0v) is 10.5. The zero-order chi connectivity index (χ0) is 12.6. The summed E-state index contributed by atoms with van der Waals surface area (Å²) >= 11 is 0. The smallest absolute Gasteiger partial charge is 0.0681 e. The molecule has 0 unspecified atom stereocenters. The maximum Gasteiger partial charge on any atom is 0.0681 e. The highest BCUT2D eigenvalue weighted by Gasteiger charge is 1.95. The molecule has 2 nitrogen and oxygen atoms in total. The number of rotatable bonds is 6. The third-order valence-corrected chi connectivity index (χ3v) is 2.94. The van der Waals surface area contributed by atoms with Crippen LogP contribution in [0.15, 0.2) is 54.6 Å². The average Bonchev–Trinajstić information content (AvgIpc) is 2.45. The van der Waals surface area contributed by atoms with E-state index in [0.717, 1.165) is 25.1 Å². The molecule has 0 bridgehead atoms. The fourth-order valence-corrected chi connectivity index (χ4v) is 1.95. The molecule has 0 radical (unpaired) electrons. The van der Waals surface area contributed by atoms with E-state index in [0.29, 0.717) is 0 Å². The second kappa shape index (κ2) is 6.94. The minimum Gasteiger partial charge on any atom is -0.392 e. The van der Waals surface area contributed by atoms with Gasteiger partial charge in [0, 0.05) is 6.54 Å². The summed E-state index contributed by atoms with van der Waals surface area (Å²) in [5, 5.41) is 12.5. The fourth-order valence-electron chi connectivity index (χ4n) is 1.95. The van der Waals surface area contributed by atoms with Gasteiger partial charge in [-0.15, -0.1) is 0 Å². The van der Waals surface area contributed by atoms with Crippen molar-refractivity contribution < 1.29 is 5.11 Å². The lowest BCUT2D eigenvalue weighted by Crippen LogP contribution is -2.16. The number of hydrogen-bond acceptors (Lipinski definition) is 2. The van der Waals surface area contributed by atoms with Crippen LogP contribution in [0.25, 0.3) is 0 Å². The van der Waals surface area contributed by atoms with Crippen LogP contribution in [-0.4, -0.2) is 11.7 Å². The first-order valence-electron chi connectivity index (χ1n) is 6.32. The fraction of sp³-hybridized carbons (Fsp3) is 0.250. The van der Waals surface area contributed by atoms with Gasteiger partial charge in [-0.25, -0.2) is 0 Å². The Hall–Kier alpha value is -1.64. The number of aliphatic hydroxyl groups excluding tert-OH is 1. The third-order valence-electron chi connectivity index (χ3n) is 2.94. The largest absolute Gasteiger partial charge is 0.392 e. The molecule has 0 atom stereocenters. The van der Waals surface area contributed by atoms with Crippen molar-refractivity contribution in [2.24, 2.45) is 0 Å². The van der Waals surface area contributed by atoms with Crippen LogP contribution in [0.5, 0.6) is 0 Å². The van der Waals surface area contributed by atoms with Gasteiger partial charge in [-0.3, -0.25) is 0 Å². The van der Waals surface area contributed by atoms with Gasteiger partial charge in [-0.2, -0.15) is 0 Å². The first kappa shape index (κ1) is 12.8. The van der Waals surface area contributed by atoms with Gasteiger partial charge < -0.3 is 10.4 Å². The summed E-state index contributed by atoms with van der Waals surface area (Å²) in [6.45, 7) is 1.92. The molecule has 0 spiro atoms. The minimum atomic E-state index is 0.109. The van der Waals surface area contributed by atoms with Crippen LogP contribution in [0.3, 0.4) is 0 Å². The Labute approximate surface area is 108 Å². The molecule has 0 aliphatic carbocycles. The van der Waals surface area contributed by atoms with Crippen molar-refractivity contribution in [3.8, 4) is 0 Å². The number of aliphatic hydroxyl groups is 1. The van der Waals surface area contributed by atoms with Crippen LogP contribution < -0.4 is 5.32 Å². The van der Waals surface area contributed by atoms with Gasteiger partial charge >= 0.3 is 0 Å². The Bertz CT molecular complexity index is 468. The van der Waals surface area contributed by atoms with Crippen molar-refractivity contribution in [3.05, 3.63) is 71.3 Å². The van der Waals surface area contributed by atoms with Crippen LogP contribution in [0.1, 0.15) is 16.7 Å². The van der Waals surface area contributed by atoms with Crippen molar-refractivity contribution in [2.45, 2.75) is 19.6 Å². The monoisotopic (exact) mass is 241 g/mol. The van der Waals surface area contributed by atoms with Crippen LogP contribution in [0.4, 0.5) is 0 Å². The molecule has 2 aromatic rings. The normalized spacial score (nSPS) is 10.5. The van der Waals surface area contributed by atoms with E-state index in [-0.39, 0.29) is 6.61 Å². The van der Waals surface area contributed by atoms with E-state index < -0.39 is 0 Å². The molecule has 0 amide bonds. The lowest BCUT2D eigenvalue weighted by Gasteiger charge is -2.06. The van der Waals surface area contributed by atoms with E-state index in [1.807, 2.05) is 24.3 Å². The van der Waals surface area contributed by atoms with E-state index >= 15 is 0 Å². The summed E-state index contributed by atoms with van der Waals surface area (Å²) in [5.41, 5.74) is 3.54. The quantitative estimate of drug-likeness (QED) is 0.762. The average molecular weight is 241 g/mol. The molecule has 0 aliphatic rings. The van der Waals surface area contributed by atoms with Gasteiger partial charge in [0.15, 0.2) is 0 Å². The highest BCUT2D eigenvalue weighted by molar-refractivity contribution is 5.22. The Morgan fingerprint density at radius 1 is 0.833 bits per heavy atom. The number of benzene rings is 2. The summed E-state index contributed by atoms with van der Waals surface area (Å²) in [6, 6.07) is 18.5. The molecule has 18 heavy (non-hydrogen) atoms. The van der Waals surface area contributed by atoms with E-state index in [1.165, 1.54) is 11.1 Å². The molecule has 2 N–H and O–H groups in total. The molecular weight excluding hydrogens is 222 g/mol. The Morgan fingerprint density at radius 2 is 1.56 bits per heavy atom. The summed E-state index contributed by atoms with van der Waals surface area (Å²) in [7, 11) is 0. The van der Waals surface area contributed by atoms with Gasteiger partial charge in [0.2, 0.25) is 0 Å². The van der Waals surface area contributed by atoms with Crippen molar-refractivity contribution >= 4 is 0 Å². The van der Waals surface area contributed by atoms with Gasteiger partial charge in [-0.05, 0) is 29.7 Å². The molecule has 2 aromatic carbocycles. The maximum absolute atomic E-state index is 9.06. The van der Waals surface area contributed by atoms with E-state index in [1.54, 1.807) is 0 Å². The van der Waals surface area contributed by atoms with Crippen LogP contribution in [0, 0.1) is 0 Å². The summed E-state index contributed by atoms with van der Waals surface area (Å²) in [6.07, 6.45) is 1.04. The summed E-state index contributed by atoms with van der Waals surface area (Å²) in [5.74, 6) is 0. The molecule has 0 saturated carbocycles. The molecule has 2 rings (SSSR count). The Kier molecular flexibility index (Phi) is 4.94. The lowest BCUT2D eigenvalue weighted by molar-refractivity contribution is 0.281. The van der Waals surface area contributed by atoms with Gasteiger partial charge in [0.25, 0.3) is 0 Å². The second-order valence-electron chi connectivity index (χ2n) is 4.39. The standard InChI is InChI=1S/C16H19NO/c18-13-16-8-4-7-15(11-16)12-17-10-9-14-5-2-1-3-6-14/h1-8,11,17-18H,9-10,12-13H2. The van der Waals surface area contributed by atoms with Crippen molar-refractivity contribution in [1.29, 1.82) is 0 Å². The SMILES string of the molecule is OCc1cccc(CNCCc2ccccc2)c1. The highest BCUT2D eigenvalue weighted by Crippen LogP contribution is 2.05. The van der Waals surface area contributed by atoms with Crippen LogP contribution >= 0.6 is 0 Å². The molecular formula is C16H19NO. The van der Waals surface area contributed by atoms with Gasteiger partial charge in [0.05, 0.1) is 6.61 Å². The first-order valence-corrected chi connectivity index (χ1v) is 6.32. The molecule has 94 valence electrons. The van der Waals surface area contributed by atoms with Crippen LogP contribution in [0.2, 0.25) is 0 Å². The highest BCUT2D eigenvalue weighted by atomic mass is 16.3. The molecule has 0 saturated heterocycles. The lowest BCUT2D eigenvalue weighted by atomic mass is 10.1. The van der Waals surface area contributed by atoms with Gasteiger partial charge in [-0.1, -0.05) is 54.6 Å². The number of nitrogens with one attached hydrogen (secondary N) is 1. The van der Waals surface area contributed by atoms with E-state index in [9.17, 15) is 0 Å². The molecule has 2 heteroatoms. The third kappa shape index (κ3) is 3.99. The van der Waals surface area contributed by atoms with E-state index in [4.69, 9.17) is 5.11 Å². The summed E-state index contributed by atoms with van der Waals surface area (Å²) < 4.78 is 0. The molecule has 0 aromatic heterocycles. The minimum absolute atomic E-state index is 0.109. The topological polar surface area (TPSA) is 32.3 Å². The Morgan fingerprint density at radius 3 is 2.33 bits per heavy atom. The van der Waals surface area contributed by atoms with Crippen molar-refractivity contribution in [3.63, 3.8) is 0 Å². The number of hydrogen-bond donors (Lipinski definition) is 2.